The molecule has 0 unspecified atom stereocenters. The van der Waals surface area contributed by atoms with Crippen LogP contribution in [0.15, 0.2) is 0 Å². The molecule has 0 saturated carbocycles. The maximum absolute atomic E-state index is 8.93. The molecule has 0 radical (unpaired) electrons. The third kappa shape index (κ3) is 106. The molecule has 0 saturated heterocycles. The van der Waals surface area contributed by atoms with Crippen molar-refractivity contribution in [2.45, 2.75) is 13.3 Å². The minimum atomic E-state index is -2.03. The fraction of sp³-hybridized carbons (Fsp3) is 1.00. The Hall–Kier alpha value is 0.290. The van der Waals surface area contributed by atoms with Gasteiger partial charge >= 0.3 is 0 Å². The van der Waals surface area contributed by atoms with Crippen molar-refractivity contribution >= 4 is 20.8 Å². The largest absolute Gasteiger partial charge is 0.459 e. The van der Waals surface area contributed by atoms with Crippen LogP contribution in [0.3, 0.4) is 0 Å². The second-order valence-electron chi connectivity index (χ2n) is 0.941. The molecule has 5 heteroatoms. The molecule has 0 aromatic heterocycles. The highest BCUT2D eigenvalue weighted by Crippen LogP contribution is 1.61. The van der Waals surface area contributed by atoms with Gasteiger partial charge in [0.15, 0.2) is 0 Å². The number of hydrogen-bond acceptors (Lipinski definition) is 4. The smallest absolute Gasteiger partial charge is 0.0428 e. The first-order chi connectivity index (χ1) is 3.65. The highest BCUT2D eigenvalue weighted by Gasteiger charge is 1.57. The Balaban J connectivity index is 0. The Morgan fingerprint density at radius 1 is 1.75 bits per heavy atom. The van der Waals surface area contributed by atoms with Crippen LogP contribution in [0.2, 0.25) is 0 Å². The first-order valence-corrected chi connectivity index (χ1v) is 4.07. The Bertz CT molecular complexity index is 78.5. The molecule has 0 aliphatic carbocycles. The van der Waals surface area contributed by atoms with Gasteiger partial charge in [-0.25, -0.2) is 11.2 Å². The molecule has 0 amide bonds. The fourth-order valence-corrected chi connectivity index (χ4v) is 0. The van der Waals surface area contributed by atoms with Crippen molar-refractivity contribution in [1.29, 1.82) is 0 Å². The van der Waals surface area contributed by atoms with Crippen LogP contribution < -0.4 is 0 Å². The first-order valence-electron chi connectivity index (χ1n) is 2.04. The summed E-state index contributed by atoms with van der Waals surface area (Å²) in [5.74, 6) is 0. The summed E-state index contributed by atoms with van der Waals surface area (Å²) in [7, 11) is -2.03. The zero-order valence-electron chi connectivity index (χ0n) is 4.53. The maximum atomic E-state index is 8.93. The van der Waals surface area contributed by atoms with E-state index in [0.717, 1.165) is 6.42 Å². The van der Waals surface area contributed by atoms with Crippen LogP contribution in [-0.4, -0.2) is 16.3 Å². The molecular formula is C3H9O3S2-. The van der Waals surface area contributed by atoms with Gasteiger partial charge in [0, 0.05) is 6.61 Å². The number of aliphatic hydroxyl groups excluding tert-OH is 1. The van der Waals surface area contributed by atoms with Gasteiger partial charge in [-0.15, -0.1) is 0 Å². The van der Waals surface area contributed by atoms with Crippen LogP contribution in [-0.2, 0) is 25.0 Å². The van der Waals surface area contributed by atoms with Crippen molar-refractivity contribution in [3.8, 4) is 0 Å². The van der Waals surface area contributed by atoms with Gasteiger partial charge < -0.3 is 13.9 Å². The summed E-state index contributed by atoms with van der Waals surface area (Å²) >= 11 is 3.65. The quantitative estimate of drug-likeness (QED) is 0.424. The van der Waals surface area contributed by atoms with Gasteiger partial charge in [-0.2, -0.15) is 0 Å². The Labute approximate surface area is 55.3 Å². The van der Waals surface area contributed by atoms with E-state index < -0.39 is 9.64 Å². The van der Waals surface area contributed by atoms with Gasteiger partial charge in [-0.3, -0.25) is 0 Å². The maximum Gasteiger partial charge on any atom is 0.0428 e. The molecule has 0 bridgehead atoms. The molecule has 0 rings (SSSR count). The number of aliphatic hydroxyl groups is 1. The molecule has 0 heterocycles. The van der Waals surface area contributed by atoms with Crippen molar-refractivity contribution in [3.05, 3.63) is 0 Å². The summed E-state index contributed by atoms with van der Waals surface area (Å²) in [4.78, 5) is 0. The molecule has 3 nitrogen and oxygen atoms in total. The van der Waals surface area contributed by atoms with Crippen LogP contribution in [0.5, 0.6) is 0 Å². The van der Waals surface area contributed by atoms with E-state index in [9.17, 15) is 0 Å². The zero-order valence-corrected chi connectivity index (χ0v) is 6.17. The van der Waals surface area contributed by atoms with Gasteiger partial charge in [-0.1, -0.05) is 16.6 Å². The average Bonchev–Trinajstić information content (AvgIpc) is 1.65. The van der Waals surface area contributed by atoms with E-state index in [4.69, 9.17) is 13.9 Å². The second-order valence-corrected chi connectivity index (χ2v) is 2.23. The van der Waals surface area contributed by atoms with Crippen molar-refractivity contribution in [2.24, 2.45) is 0 Å². The minimum Gasteiger partial charge on any atom is -0.459 e. The van der Waals surface area contributed by atoms with Crippen LogP contribution in [0, 0.1) is 0 Å². The Morgan fingerprint density at radius 3 is 1.88 bits per heavy atom. The average molecular weight is 157 g/mol. The predicted molar refractivity (Wildman–Crippen MR) is 35.4 cm³/mol. The molecule has 0 aromatic carbocycles. The molecule has 0 fully saturated rings. The van der Waals surface area contributed by atoms with Gasteiger partial charge in [0.1, 0.15) is 0 Å². The summed E-state index contributed by atoms with van der Waals surface area (Å²) in [6.45, 7) is 2.25. The summed E-state index contributed by atoms with van der Waals surface area (Å²) in [5, 5.41) is 7.88. The van der Waals surface area contributed by atoms with Gasteiger partial charge in [-0.05, 0) is 6.42 Å². The van der Waals surface area contributed by atoms with Crippen LogP contribution in [0.4, 0.5) is 0 Å². The molecule has 0 aliphatic heterocycles. The first kappa shape index (κ1) is 11.1. The molecule has 0 aliphatic rings. The Morgan fingerprint density at radius 2 is 1.88 bits per heavy atom. The monoisotopic (exact) mass is 157 g/mol. The van der Waals surface area contributed by atoms with Crippen molar-refractivity contribution in [2.75, 3.05) is 6.61 Å². The molecule has 2 N–H and O–H groups in total. The minimum absolute atomic E-state index is 0.319. The second kappa shape index (κ2) is 10.3. The predicted octanol–water partition coefficient (Wildman–Crippen LogP) is 0.274. The lowest BCUT2D eigenvalue weighted by Gasteiger charge is -1.69. The highest BCUT2D eigenvalue weighted by molar-refractivity contribution is 8.18. The van der Waals surface area contributed by atoms with Crippen LogP contribution in [0.1, 0.15) is 13.3 Å². The lowest BCUT2D eigenvalue weighted by atomic mass is 10.5. The lowest BCUT2D eigenvalue weighted by Crippen LogP contribution is -1.69. The van der Waals surface area contributed by atoms with Crippen LogP contribution in [0.25, 0.3) is 0 Å². The van der Waals surface area contributed by atoms with E-state index in [-0.39, 0.29) is 0 Å². The standard InChI is InChI=1S/C3H8O.HO2S2/c1-2-3-4;1-4(2)3/h4H,2-3H2,1H3;(H,1,2,3)/q;-1. The van der Waals surface area contributed by atoms with Crippen molar-refractivity contribution in [3.63, 3.8) is 0 Å². The van der Waals surface area contributed by atoms with E-state index >= 15 is 0 Å². The Kier molecular flexibility index (Phi) is 14.3. The molecule has 8 heavy (non-hydrogen) atoms. The zero-order chi connectivity index (χ0) is 6.99. The molecule has 0 atom stereocenters. The van der Waals surface area contributed by atoms with E-state index in [1.54, 1.807) is 0 Å². The third-order valence-electron chi connectivity index (χ3n) is 0.224. The van der Waals surface area contributed by atoms with E-state index in [1.165, 1.54) is 0 Å². The van der Waals surface area contributed by atoms with Gasteiger partial charge in [0.25, 0.3) is 0 Å². The summed E-state index contributed by atoms with van der Waals surface area (Å²) in [6, 6.07) is 0. The lowest BCUT2D eigenvalue weighted by molar-refractivity contribution is 0.295. The molecule has 52 valence electrons. The topological polar surface area (TPSA) is 57.5 Å². The van der Waals surface area contributed by atoms with E-state index in [0.29, 0.717) is 6.61 Å². The molecule has 0 aromatic rings. The summed E-state index contributed by atoms with van der Waals surface area (Å²) < 4.78 is 16.3. The van der Waals surface area contributed by atoms with Gasteiger partial charge in [0.05, 0.1) is 0 Å². The normalized spacial score (nSPS) is 8.00. The van der Waals surface area contributed by atoms with Gasteiger partial charge in [0.2, 0.25) is 0 Å². The highest BCUT2D eigenvalue weighted by atomic mass is 32.8. The molecule has 0 spiro atoms. The van der Waals surface area contributed by atoms with E-state index in [1.807, 2.05) is 6.92 Å². The van der Waals surface area contributed by atoms with Crippen molar-refractivity contribution < 1.29 is 13.9 Å². The van der Waals surface area contributed by atoms with E-state index in [2.05, 4.69) is 11.2 Å². The third-order valence-corrected chi connectivity index (χ3v) is 0.224. The van der Waals surface area contributed by atoms with Crippen LogP contribution >= 0.6 is 0 Å². The SMILES string of the molecule is CCCO.O=[S-](O)=S. The fourth-order valence-electron chi connectivity index (χ4n) is 0. The summed E-state index contributed by atoms with van der Waals surface area (Å²) in [6.07, 6.45) is 0.875. The molecular weight excluding hydrogens is 148 g/mol. The summed E-state index contributed by atoms with van der Waals surface area (Å²) in [5.41, 5.74) is 0. The number of rotatable bonds is 1. The van der Waals surface area contributed by atoms with Crippen molar-refractivity contribution in [1.82, 2.24) is 0 Å². The number of hydrogen-bond donors (Lipinski definition) is 2.